The second-order valence-electron chi connectivity index (χ2n) is 3.60. The summed E-state index contributed by atoms with van der Waals surface area (Å²) in [4.78, 5) is 19.1. The summed E-state index contributed by atoms with van der Waals surface area (Å²) in [5.41, 5.74) is 0. The molecule has 0 aromatic rings. The van der Waals surface area contributed by atoms with E-state index in [4.69, 9.17) is 20.1 Å². The fourth-order valence-electron chi connectivity index (χ4n) is 0.950. The second kappa shape index (κ2) is 14.6. The Balaban J connectivity index is 0. The smallest absolute Gasteiger partial charge is 0.328 e. The Kier molecular flexibility index (Phi) is 15.3. The summed E-state index contributed by atoms with van der Waals surface area (Å²) in [6.45, 7) is 2.78. The van der Waals surface area contributed by atoms with Crippen LogP contribution in [0.25, 0.3) is 0 Å². The molecule has 0 bridgehead atoms. The normalized spacial score (nSPS) is 11.7. The van der Waals surface area contributed by atoms with Gasteiger partial charge in [-0.3, -0.25) is 0 Å². The minimum atomic E-state index is -1.26. The molecule has 0 aromatic heterocycles. The van der Waals surface area contributed by atoms with E-state index in [1.807, 2.05) is 0 Å². The fourth-order valence-corrected chi connectivity index (χ4v) is 0.950. The molecule has 0 aliphatic rings. The molecule has 0 aliphatic heterocycles. The molecule has 4 N–H and O–H groups in total. The van der Waals surface area contributed by atoms with Crippen LogP contribution in [-0.2, 0) is 14.3 Å². The summed E-state index contributed by atoms with van der Waals surface area (Å²) < 4.78 is 4.94. The molecule has 0 saturated carbocycles. The van der Waals surface area contributed by atoms with Crippen LogP contribution in [0.1, 0.15) is 26.2 Å². The number of unbranched alkanes of at least 4 members (excludes halogenated alkanes) is 1. The van der Waals surface area contributed by atoms with Gasteiger partial charge in [0.2, 0.25) is 0 Å². The third-order valence-corrected chi connectivity index (χ3v) is 1.81. The number of aliphatic hydroxyl groups excluding tert-OH is 2. The van der Waals surface area contributed by atoms with Crippen molar-refractivity contribution in [2.24, 2.45) is 0 Å². The zero-order chi connectivity index (χ0) is 15.1. The number of hydrogen-bond acceptors (Lipinski definition) is 5. The second-order valence-corrected chi connectivity index (χ2v) is 3.60. The molecule has 0 aromatic carbocycles. The van der Waals surface area contributed by atoms with Crippen molar-refractivity contribution in [3.63, 3.8) is 0 Å². The maximum absolute atomic E-state index is 9.55. The predicted octanol–water partition coefficient (Wildman–Crippen LogP) is 0.258. The molecule has 0 heterocycles. The standard InChI is InChI=1S/C8H18O3.C4H4O4/c1-2-3-4-8(10)7-11-6-5-9;5-3(6)1-2-4(7)8/h8-10H,2-7H2,1H3;1-2H,(H,5,6)(H,7,8)/b;2-1+. The van der Waals surface area contributed by atoms with Crippen molar-refractivity contribution < 1.29 is 34.8 Å². The van der Waals surface area contributed by atoms with E-state index in [1.54, 1.807) is 0 Å². The molecule has 1 atom stereocenters. The number of rotatable bonds is 9. The average molecular weight is 278 g/mol. The van der Waals surface area contributed by atoms with Crippen molar-refractivity contribution in [1.82, 2.24) is 0 Å². The number of carbonyl (C=O) groups is 2. The summed E-state index contributed by atoms with van der Waals surface area (Å²) in [7, 11) is 0. The van der Waals surface area contributed by atoms with E-state index in [0.29, 0.717) is 25.4 Å². The van der Waals surface area contributed by atoms with Crippen molar-refractivity contribution in [3.8, 4) is 0 Å². The molecular formula is C12H22O7. The Hall–Kier alpha value is -1.44. The number of ether oxygens (including phenoxy) is 1. The Morgan fingerprint density at radius 1 is 1.21 bits per heavy atom. The average Bonchev–Trinajstić information content (AvgIpc) is 2.35. The summed E-state index contributed by atoms with van der Waals surface area (Å²) in [5.74, 6) is -2.51. The van der Waals surface area contributed by atoms with E-state index in [0.717, 1.165) is 19.3 Å². The lowest BCUT2D eigenvalue weighted by atomic mass is 10.2. The highest BCUT2D eigenvalue weighted by atomic mass is 16.5. The van der Waals surface area contributed by atoms with Gasteiger partial charge in [0.1, 0.15) is 0 Å². The summed E-state index contributed by atoms with van der Waals surface area (Å²) >= 11 is 0. The van der Waals surface area contributed by atoms with Crippen molar-refractivity contribution in [2.45, 2.75) is 32.3 Å². The molecule has 0 rings (SSSR count). The Bertz CT molecular complexity index is 247. The molecule has 112 valence electrons. The van der Waals surface area contributed by atoms with Crippen molar-refractivity contribution in [3.05, 3.63) is 12.2 Å². The van der Waals surface area contributed by atoms with Gasteiger partial charge in [-0.25, -0.2) is 9.59 Å². The lowest BCUT2D eigenvalue weighted by Crippen LogP contribution is -2.16. The Labute approximate surface area is 112 Å². The molecule has 19 heavy (non-hydrogen) atoms. The van der Waals surface area contributed by atoms with Crippen molar-refractivity contribution >= 4 is 11.9 Å². The lowest BCUT2D eigenvalue weighted by molar-refractivity contribution is -0.134. The van der Waals surface area contributed by atoms with E-state index in [1.165, 1.54) is 0 Å². The zero-order valence-electron chi connectivity index (χ0n) is 11.0. The highest BCUT2D eigenvalue weighted by Crippen LogP contribution is 2.00. The molecule has 7 nitrogen and oxygen atoms in total. The van der Waals surface area contributed by atoms with E-state index < -0.39 is 11.9 Å². The van der Waals surface area contributed by atoms with E-state index in [-0.39, 0.29) is 12.7 Å². The first kappa shape index (κ1) is 19.9. The summed E-state index contributed by atoms with van der Waals surface area (Å²) in [5, 5.41) is 33.2. The highest BCUT2D eigenvalue weighted by molar-refractivity contribution is 5.89. The van der Waals surface area contributed by atoms with Gasteiger partial charge < -0.3 is 25.2 Å². The van der Waals surface area contributed by atoms with Gasteiger partial charge in [0.05, 0.1) is 25.9 Å². The van der Waals surface area contributed by atoms with Crippen LogP contribution in [0.5, 0.6) is 0 Å². The number of carboxylic acid groups (broad SMARTS) is 2. The SMILES string of the molecule is CCCCC(O)COCCO.O=C(O)/C=C/C(=O)O. The van der Waals surface area contributed by atoms with Gasteiger partial charge in [0.25, 0.3) is 0 Å². The topological polar surface area (TPSA) is 124 Å². The van der Waals surface area contributed by atoms with Crippen molar-refractivity contribution in [1.29, 1.82) is 0 Å². The Morgan fingerprint density at radius 3 is 2.11 bits per heavy atom. The minimum absolute atomic E-state index is 0.0283. The largest absolute Gasteiger partial charge is 0.478 e. The lowest BCUT2D eigenvalue weighted by Gasteiger charge is -2.09. The van der Waals surface area contributed by atoms with E-state index in [9.17, 15) is 14.7 Å². The molecule has 7 heteroatoms. The first-order chi connectivity index (χ1) is 8.93. The molecule has 0 spiro atoms. The van der Waals surface area contributed by atoms with Gasteiger partial charge in [-0.2, -0.15) is 0 Å². The summed E-state index contributed by atoms with van der Waals surface area (Å²) in [6.07, 6.45) is 3.68. The monoisotopic (exact) mass is 278 g/mol. The molecule has 0 aliphatic carbocycles. The molecule has 0 fully saturated rings. The molecular weight excluding hydrogens is 256 g/mol. The quantitative estimate of drug-likeness (QED) is 0.352. The molecule has 0 amide bonds. The van der Waals surface area contributed by atoms with Crippen molar-refractivity contribution in [2.75, 3.05) is 19.8 Å². The first-order valence-corrected chi connectivity index (χ1v) is 5.94. The maximum atomic E-state index is 9.55. The van der Waals surface area contributed by atoms with Crippen LogP contribution >= 0.6 is 0 Å². The fraction of sp³-hybridized carbons (Fsp3) is 0.667. The zero-order valence-corrected chi connectivity index (χ0v) is 11.0. The van der Waals surface area contributed by atoms with Gasteiger partial charge in [0, 0.05) is 12.2 Å². The number of hydrogen-bond donors (Lipinski definition) is 4. The molecule has 0 saturated heterocycles. The van der Waals surface area contributed by atoms with E-state index >= 15 is 0 Å². The molecule has 1 unspecified atom stereocenters. The maximum Gasteiger partial charge on any atom is 0.328 e. The van der Waals surface area contributed by atoms with Gasteiger partial charge >= 0.3 is 11.9 Å². The summed E-state index contributed by atoms with van der Waals surface area (Å²) in [6, 6.07) is 0. The first-order valence-electron chi connectivity index (χ1n) is 5.94. The van der Waals surface area contributed by atoms with Gasteiger partial charge in [0.15, 0.2) is 0 Å². The van der Waals surface area contributed by atoms with Crippen LogP contribution in [0.3, 0.4) is 0 Å². The number of aliphatic carboxylic acids is 2. The Morgan fingerprint density at radius 2 is 1.74 bits per heavy atom. The minimum Gasteiger partial charge on any atom is -0.478 e. The number of aliphatic hydroxyl groups is 2. The molecule has 0 radical (unpaired) electrons. The third-order valence-electron chi connectivity index (χ3n) is 1.81. The van der Waals surface area contributed by atoms with Crippen LogP contribution in [0.15, 0.2) is 12.2 Å². The third kappa shape index (κ3) is 22.3. The van der Waals surface area contributed by atoms with Crippen LogP contribution in [0, 0.1) is 0 Å². The number of carboxylic acids is 2. The van der Waals surface area contributed by atoms with Gasteiger partial charge in [-0.05, 0) is 6.42 Å². The van der Waals surface area contributed by atoms with Crippen LogP contribution < -0.4 is 0 Å². The van der Waals surface area contributed by atoms with Crippen LogP contribution in [0.2, 0.25) is 0 Å². The van der Waals surface area contributed by atoms with E-state index in [2.05, 4.69) is 6.92 Å². The van der Waals surface area contributed by atoms with Gasteiger partial charge in [-0.15, -0.1) is 0 Å². The van der Waals surface area contributed by atoms with Crippen LogP contribution in [-0.4, -0.2) is 58.3 Å². The van der Waals surface area contributed by atoms with Gasteiger partial charge in [-0.1, -0.05) is 19.8 Å². The predicted molar refractivity (Wildman–Crippen MR) is 67.8 cm³/mol. The highest BCUT2D eigenvalue weighted by Gasteiger charge is 2.01. The van der Waals surface area contributed by atoms with Crippen LogP contribution in [0.4, 0.5) is 0 Å².